The molecule has 24 heavy (non-hydrogen) atoms. The number of halogens is 2. The molecule has 1 aliphatic carbocycles. The topological polar surface area (TPSA) is 43.4 Å². The highest BCUT2D eigenvalue weighted by atomic mass is 35.5. The fourth-order valence-electron chi connectivity index (χ4n) is 3.12. The van der Waals surface area contributed by atoms with Gasteiger partial charge >= 0.3 is 0 Å². The molecule has 0 N–H and O–H groups in total. The lowest BCUT2D eigenvalue weighted by Crippen LogP contribution is -2.15. The summed E-state index contributed by atoms with van der Waals surface area (Å²) in [7, 11) is 1.51. The van der Waals surface area contributed by atoms with Crippen molar-refractivity contribution in [3.8, 4) is 16.9 Å². The van der Waals surface area contributed by atoms with Crippen molar-refractivity contribution in [3.05, 3.63) is 52.0 Å². The number of hydrogen-bond acceptors (Lipinski definition) is 3. The third-order valence-corrected chi connectivity index (χ3v) is 4.94. The van der Waals surface area contributed by atoms with E-state index in [1.165, 1.54) is 7.11 Å². The quantitative estimate of drug-likeness (QED) is 0.727. The van der Waals surface area contributed by atoms with Crippen molar-refractivity contribution in [3.63, 3.8) is 0 Å². The number of carbonyl (C=O) groups is 2. The van der Waals surface area contributed by atoms with Crippen molar-refractivity contribution in [1.29, 1.82) is 0 Å². The summed E-state index contributed by atoms with van der Waals surface area (Å²) in [5.41, 5.74) is 2.23. The van der Waals surface area contributed by atoms with E-state index in [0.29, 0.717) is 21.4 Å². The van der Waals surface area contributed by atoms with Gasteiger partial charge in [0.05, 0.1) is 7.11 Å². The molecule has 0 bridgehead atoms. The molecule has 0 aromatic heterocycles. The van der Waals surface area contributed by atoms with Crippen LogP contribution in [0.4, 0.5) is 0 Å². The first-order valence-corrected chi connectivity index (χ1v) is 8.37. The third-order valence-electron chi connectivity index (χ3n) is 4.38. The average Bonchev–Trinajstić information content (AvgIpc) is 2.80. The fourth-order valence-corrected chi connectivity index (χ4v) is 3.56. The molecule has 0 radical (unpaired) electrons. The van der Waals surface area contributed by atoms with Crippen LogP contribution < -0.4 is 4.74 Å². The molecule has 3 rings (SSSR count). The predicted molar refractivity (Wildman–Crippen MR) is 95.0 cm³/mol. The van der Waals surface area contributed by atoms with Gasteiger partial charge in [0.25, 0.3) is 0 Å². The van der Waals surface area contributed by atoms with Gasteiger partial charge in [0.15, 0.2) is 5.78 Å². The van der Waals surface area contributed by atoms with Gasteiger partial charge in [-0.05, 0) is 35.4 Å². The Labute approximate surface area is 150 Å². The van der Waals surface area contributed by atoms with Gasteiger partial charge in [-0.1, -0.05) is 42.3 Å². The standard InChI is InChI=1S/C19H16Cl2O3/c1-10-7-15(22)18(19(10)23)17-14(21)8-12(9-16(17)24-2)11-3-5-13(20)6-4-11/h3-6,8-10,18H,7H2,1-2H3/t10-,18?/m1/s1. The van der Waals surface area contributed by atoms with Crippen LogP contribution in [0, 0.1) is 5.92 Å². The number of methoxy groups -OCH3 is 1. The average molecular weight is 363 g/mol. The number of benzene rings is 2. The van der Waals surface area contributed by atoms with E-state index in [0.717, 1.165) is 11.1 Å². The van der Waals surface area contributed by atoms with Gasteiger partial charge in [-0.15, -0.1) is 0 Å². The first-order valence-electron chi connectivity index (χ1n) is 7.62. The first-order chi connectivity index (χ1) is 11.4. The summed E-state index contributed by atoms with van der Waals surface area (Å²) in [6.07, 6.45) is 0.252. The van der Waals surface area contributed by atoms with Crippen molar-refractivity contribution in [1.82, 2.24) is 0 Å². The van der Waals surface area contributed by atoms with Crippen LogP contribution in [0.25, 0.3) is 11.1 Å². The zero-order valence-electron chi connectivity index (χ0n) is 13.3. The minimum Gasteiger partial charge on any atom is -0.496 e. The molecular formula is C19H16Cl2O3. The summed E-state index contributed by atoms with van der Waals surface area (Å²) in [5, 5.41) is 1.00. The number of hydrogen-bond donors (Lipinski definition) is 0. The zero-order valence-corrected chi connectivity index (χ0v) is 14.8. The molecule has 1 unspecified atom stereocenters. The minimum absolute atomic E-state index is 0.0977. The van der Waals surface area contributed by atoms with Gasteiger partial charge in [-0.25, -0.2) is 0 Å². The number of rotatable bonds is 3. The second kappa shape index (κ2) is 6.58. The van der Waals surface area contributed by atoms with Crippen LogP contribution in [0.3, 0.4) is 0 Å². The van der Waals surface area contributed by atoms with E-state index < -0.39 is 5.92 Å². The molecule has 2 aromatic carbocycles. The lowest BCUT2D eigenvalue weighted by atomic mass is 9.91. The van der Waals surface area contributed by atoms with Crippen LogP contribution in [-0.2, 0) is 9.59 Å². The Kier molecular flexibility index (Phi) is 4.66. The van der Waals surface area contributed by atoms with Gasteiger partial charge < -0.3 is 4.74 Å². The minimum atomic E-state index is -0.832. The Morgan fingerprint density at radius 2 is 1.71 bits per heavy atom. The molecular weight excluding hydrogens is 347 g/mol. The molecule has 1 fully saturated rings. The van der Waals surface area contributed by atoms with Crippen molar-refractivity contribution >= 4 is 34.8 Å². The summed E-state index contributed by atoms with van der Waals surface area (Å²) < 4.78 is 5.44. The van der Waals surface area contributed by atoms with E-state index in [9.17, 15) is 9.59 Å². The normalized spacial score (nSPS) is 20.5. The second-order valence-corrected chi connectivity index (χ2v) is 6.83. The summed E-state index contributed by atoms with van der Waals surface area (Å²) in [6, 6.07) is 10.9. The molecule has 0 aliphatic heterocycles. The van der Waals surface area contributed by atoms with Crippen LogP contribution in [-0.4, -0.2) is 18.7 Å². The first kappa shape index (κ1) is 17.0. The van der Waals surface area contributed by atoms with Crippen LogP contribution in [0.5, 0.6) is 5.75 Å². The van der Waals surface area contributed by atoms with E-state index in [2.05, 4.69) is 0 Å². The van der Waals surface area contributed by atoms with Crippen LogP contribution in [0.2, 0.25) is 10.0 Å². The Bertz CT molecular complexity index is 812. The SMILES string of the molecule is COc1cc(-c2ccc(Cl)cc2)cc(Cl)c1C1C(=O)C[C@@H](C)C1=O. The van der Waals surface area contributed by atoms with Gasteiger partial charge in [0.1, 0.15) is 17.5 Å². The third kappa shape index (κ3) is 2.94. The Balaban J connectivity index is 2.11. The van der Waals surface area contributed by atoms with E-state index in [1.54, 1.807) is 31.2 Å². The van der Waals surface area contributed by atoms with Crippen molar-refractivity contribution in [2.24, 2.45) is 5.92 Å². The zero-order chi connectivity index (χ0) is 17.4. The number of ketones is 2. The van der Waals surface area contributed by atoms with Gasteiger partial charge in [-0.3, -0.25) is 9.59 Å². The van der Waals surface area contributed by atoms with E-state index in [1.807, 2.05) is 12.1 Å². The van der Waals surface area contributed by atoms with Gasteiger partial charge in [0.2, 0.25) is 0 Å². The molecule has 0 amide bonds. The molecule has 3 nitrogen and oxygen atoms in total. The van der Waals surface area contributed by atoms with Gasteiger partial charge in [0, 0.05) is 27.9 Å². The highest BCUT2D eigenvalue weighted by molar-refractivity contribution is 6.33. The summed E-state index contributed by atoms with van der Waals surface area (Å²) >= 11 is 12.4. The molecule has 2 aromatic rings. The molecule has 0 heterocycles. The fraction of sp³-hybridized carbons (Fsp3) is 0.263. The second-order valence-electron chi connectivity index (χ2n) is 5.99. The summed E-state index contributed by atoms with van der Waals surface area (Å²) in [5.74, 6) is -0.861. The lowest BCUT2D eigenvalue weighted by Gasteiger charge is -2.17. The van der Waals surface area contributed by atoms with Crippen molar-refractivity contribution in [2.45, 2.75) is 19.3 Å². The van der Waals surface area contributed by atoms with Crippen LogP contribution in [0.1, 0.15) is 24.8 Å². The van der Waals surface area contributed by atoms with Crippen molar-refractivity contribution < 1.29 is 14.3 Å². The van der Waals surface area contributed by atoms with Crippen LogP contribution in [0.15, 0.2) is 36.4 Å². The maximum Gasteiger partial charge on any atom is 0.151 e. The highest BCUT2D eigenvalue weighted by Crippen LogP contribution is 2.43. The Morgan fingerprint density at radius 3 is 2.25 bits per heavy atom. The van der Waals surface area contributed by atoms with Crippen molar-refractivity contribution in [2.75, 3.05) is 7.11 Å². The molecule has 1 saturated carbocycles. The Hall–Kier alpha value is -1.84. The van der Waals surface area contributed by atoms with E-state index in [4.69, 9.17) is 27.9 Å². The molecule has 5 heteroatoms. The maximum atomic E-state index is 12.4. The molecule has 2 atom stereocenters. The molecule has 124 valence electrons. The molecule has 0 spiro atoms. The summed E-state index contributed by atoms with van der Waals surface area (Å²) in [4.78, 5) is 24.6. The maximum absolute atomic E-state index is 12.4. The molecule has 1 aliphatic rings. The predicted octanol–water partition coefficient (Wildman–Crippen LogP) is 4.93. The van der Waals surface area contributed by atoms with Gasteiger partial charge in [-0.2, -0.15) is 0 Å². The Morgan fingerprint density at radius 1 is 1.04 bits per heavy atom. The number of carbonyl (C=O) groups excluding carboxylic acids is 2. The van der Waals surface area contributed by atoms with Crippen LogP contribution >= 0.6 is 23.2 Å². The molecule has 0 saturated heterocycles. The number of ether oxygens (including phenoxy) is 1. The largest absolute Gasteiger partial charge is 0.496 e. The number of Topliss-reactive ketones (excluding diaryl/α,β-unsaturated/α-hetero) is 2. The monoisotopic (exact) mass is 362 g/mol. The highest BCUT2D eigenvalue weighted by Gasteiger charge is 2.42. The van der Waals surface area contributed by atoms with E-state index in [-0.39, 0.29) is 23.9 Å². The lowest BCUT2D eigenvalue weighted by molar-refractivity contribution is -0.124. The summed E-state index contributed by atoms with van der Waals surface area (Å²) in [6.45, 7) is 1.77. The smallest absolute Gasteiger partial charge is 0.151 e. The van der Waals surface area contributed by atoms with E-state index >= 15 is 0 Å².